The van der Waals surface area contributed by atoms with Crippen LogP contribution in [0.3, 0.4) is 0 Å². The number of hydrogen-bond acceptors (Lipinski definition) is 6. The van der Waals surface area contributed by atoms with E-state index in [0.29, 0.717) is 5.69 Å². The highest BCUT2D eigenvalue weighted by molar-refractivity contribution is 5.70. The lowest BCUT2D eigenvalue weighted by Gasteiger charge is -2.08. The molecular formula is C13H9FN4O3. The van der Waals surface area contributed by atoms with Crippen molar-refractivity contribution in [1.29, 1.82) is 5.26 Å². The van der Waals surface area contributed by atoms with Crippen LogP contribution in [0.5, 0.6) is 5.75 Å². The maximum absolute atomic E-state index is 13.3. The Morgan fingerprint density at radius 3 is 2.86 bits per heavy atom. The van der Waals surface area contributed by atoms with E-state index in [4.69, 9.17) is 10.00 Å². The van der Waals surface area contributed by atoms with Crippen molar-refractivity contribution in [3.63, 3.8) is 0 Å². The van der Waals surface area contributed by atoms with Crippen molar-refractivity contribution in [3.05, 3.63) is 52.0 Å². The zero-order chi connectivity index (χ0) is 15.4. The average molecular weight is 288 g/mol. The van der Waals surface area contributed by atoms with Gasteiger partial charge in [0.2, 0.25) is 5.82 Å². The van der Waals surface area contributed by atoms with Gasteiger partial charge in [-0.1, -0.05) is 0 Å². The smallest absolute Gasteiger partial charge is 0.329 e. The van der Waals surface area contributed by atoms with Gasteiger partial charge < -0.3 is 10.1 Å². The van der Waals surface area contributed by atoms with Gasteiger partial charge in [-0.15, -0.1) is 0 Å². The van der Waals surface area contributed by atoms with Gasteiger partial charge in [0.1, 0.15) is 11.6 Å². The van der Waals surface area contributed by atoms with Crippen molar-refractivity contribution in [2.75, 3.05) is 12.4 Å². The third-order valence-electron chi connectivity index (χ3n) is 2.64. The third-order valence-corrected chi connectivity index (χ3v) is 2.64. The first-order valence-electron chi connectivity index (χ1n) is 5.71. The van der Waals surface area contributed by atoms with E-state index in [9.17, 15) is 14.5 Å². The summed E-state index contributed by atoms with van der Waals surface area (Å²) >= 11 is 0. The summed E-state index contributed by atoms with van der Waals surface area (Å²) in [7, 11) is 1.30. The number of halogens is 1. The van der Waals surface area contributed by atoms with Crippen molar-refractivity contribution in [2.45, 2.75) is 0 Å². The Balaban J connectivity index is 2.45. The van der Waals surface area contributed by atoms with Crippen LogP contribution >= 0.6 is 0 Å². The lowest BCUT2D eigenvalue weighted by Crippen LogP contribution is -2.02. The highest BCUT2D eigenvalue weighted by atomic mass is 19.1. The average Bonchev–Trinajstić information content (AvgIpc) is 2.48. The number of nitro groups is 1. The number of anilines is 2. The van der Waals surface area contributed by atoms with Gasteiger partial charge in [0.15, 0.2) is 11.6 Å². The number of nitrogens with one attached hydrogen (secondary N) is 1. The first kappa shape index (κ1) is 14.2. The Labute approximate surface area is 118 Å². The lowest BCUT2D eigenvalue weighted by molar-refractivity contribution is -0.384. The quantitative estimate of drug-likeness (QED) is 0.685. The van der Waals surface area contributed by atoms with E-state index in [1.54, 1.807) is 6.07 Å². The summed E-state index contributed by atoms with van der Waals surface area (Å²) in [6.07, 6.45) is 1.27. The van der Waals surface area contributed by atoms with Gasteiger partial charge in [0.05, 0.1) is 12.0 Å². The van der Waals surface area contributed by atoms with Gasteiger partial charge >= 0.3 is 5.69 Å². The number of hydrogen-bond donors (Lipinski definition) is 1. The number of pyridine rings is 1. The van der Waals surface area contributed by atoms with Gasteiger partial charge in [-0.25, -0.2) is 9.37 Å². The molecule has 8 heteroatoms. The molecule has 0 bridgehead atoms. The third kappa shape index (κ3) is 2.87. The zero-order valence-electron chi connectivity index (χ0n) is 10.8. The fourth-order valence-corrected chi connectivity index (χ4v) is 1.69. The second kappa shape index (κ2) is 5.83. The summed E-state index contributed by atoms with van der Waals surface area (Å²) in [5, 5.41) is 22.6. The molecule has 0 saturated heterocycles. The van der Waals surface area contributed by atoms with Crippen molar-refractivity contribution in [1.82, 2.24) is 4.98 Å². The van der Waals surface area contributed by atoms with Crippen molar-refractivity contribution >= 4 is 17.2 Å². The summed E-state index contributed by atoms with van der Waals surface area (Å²) in [5.41, 5.74) is -0.214. The number of benzene rings is 1. The second-order valence-electron chi connectivity index (χ2n) is 3.90. The summed E-state index contributed by atoms with van der Waals surface area (Å²) in [6, 6.07) is 6.84. The van der Waals surface area contributed by atoms with Crippen LogP contribution in [0.25, 0.3) is 0 Å². The van der Waals surface area contributed by atoms with Crippen LogP contribution < -0.4 is 10.1 Å². The predicted octanol–water partition coefficient (Wildman–Crippen LogP) is 2.75. The van der Waals surface area contributed by atoms with Crippen LogP contribution in [-0.2, 0) is 0 Å². The molecule has 0 unspecified atom stereocenters. The monoisotopic (exact) mass is 288 g/mol. The molecule has 0 saturated carbocycles. The fourth-order valence-electron chi connectivity index (χ4n) is 1.69. The minimum Gasteiger partial charge on any atom is -0.494 e. The summed E-state index contributed by atoms with van der Waals surface area (Å²) in [6.45, 7) is 0. The zero-order valence-corrected chi connectivity index (χ0v) is 10.8. The van der Waals surface area contributed by atoms with Crippen molar-refractivity contribution in [3.8, 4) is 11.8 Å². The van der Waals surface area contributed by atoms with E-state index in [2.05, 4.69) is 10.3 Å². The van der Waals surface area contributed by atoms with Gasteiger partial charge in [0, 0.05) is 18.0 Å². The molecular weight excluding hydrogens is 279 g/mol. The molecule has 1 heterocycles. The SMILES string of the molecule is COc1cc(Nc2nccc(C#N)c2[N+](=O)[O-])ccc1F. The molecule has 0 atom stereocenters. The summed E-state index contributed by atoms with van der Waals surface area (Å²) < 4.78 is 18.1. The lowest BCUT2D eigenvalue weighted by atomic mass is 10.2. The largest absolute Gasteiger partial charge is 0.494 e. The van der Waals surface area contributed by atoms with Crippen LogP contribution in [0.15, 0.2) is 30.5 Å². The molecule has 0 fully saturated rings. The molecule has 0 amide bonds. The van der Waals surface area contributed by atoms with Crippen LogP contribution in [0.4, 0.5) is 21.6 Å². The maximum atomic E-state index is 13.3. The standard InChI is InChI=1S/C13H9FN4O3/c1-21-11-6-9(2-3-10(11)14)17-13-12(18(19)20)8(7-15)4-5-16-13/h2-6H,1H3,(H,16,17). The van der Waals surface area contributed by atoms with Crippen LogP contribution in [0, 0.1) is 27.3 Å². The van der Waals surface area contributed by atoms with Gasteiger partial charge in [-0.3, -0.25) is 10.1 Å². The van der Waals surface area contributed by atoms with Gasteiger partial charge in [-0.2, -0.15) is 5.26 Å². The molecule has 0 spiro atoms. The van der Waals surface area contributed by atoms with E-state index in [-0.39, 0.29) is 17.1 Å². The topological polar surface area (TPSA) is 101 Å². The van der Waals surface area contributed by atoms with E-state index in [0.717, 1.165) is 6.07 Å². The molecule has 106 valence electrons. The Kier molecular flexibility index (Phi) is 3.95. The Bertz CT molecular complexity index is 743. The van der Waals surface area contributed by atoms with E-state index in [1.807, 2.05) is 0 Å². The first-order valence-corrected chi connectivity index (χ1v) is 5.71. The number of nitriles is 1. The fraction of sp³-hybridized carbons (Fsp3) is 0.0769. The molecule has 0 aliphatic heterocycles. The first-order chi connectivity index (χ1) is 10.1. The number of methoxy groups -OCH3 is 1. The van der Waals surface area contributed by atoms with Crippen LogP contribution in [0.1, 0.15) is 5.56 Å². The van der Waals surface area contributed by atoms with E-state index >= 15 is 0 Å². The van der Waals surface area contributed by atoms with Crippen molar-refractivity contribution in [2.24, 2.45) is 0 Å². The second-order valence-corrected chi connectivity index (χ2v) is 3.90. The molecule has 1 aromatic carbocycles. The molecule has 2 aromatic rings. The van der Waals surface area contributed by atoms with Crippen LogP contribution in [0.2, 0.25) is 0 Å². The van der Waals surface area contributed by atoms with Gasteiger partial charge in [0.25, 0.3) is 0 Å². The van der Waals surface area contributed by atoms with E-state index < -0.39 is 16.4 Å². The molecule has 2 rings (SSSR count). The molecule has 7 nitrogen and oxygen atoms in total. The Morgan fingerprint density at radius 1 is 1.48 bits per heavy atom. The molecule has 21 heavy (non-hydrogen) atoms. The van der Waals surface area contributed by atoms with Gasteiger partial charge in [-0.05, 0) is 18.2 Å². The minimum atomic E-state index is -0.700. The highest BCUT2D eigenvalue weighted by Crippen LogP contribution is 2.30. The summed E-state index contributed by atoms with van der Waals surface area (Å²) in [5.74, 6) is -0.678. The van der Waals surface area contributed by atoms with Crippen LogP contribution in [-0.4, -0.2) is 17.0 Å². The molecule has 0 radical (unpaired) electrons. The molecule has 1 N–H and O–H groups in total. The Morgan fingerprint density at radius 2 is 2.24 bits per heavy atom. The number of ether oxygens (including phenoxy) is 1. The normalized spacial score (nSPS) is 9.76. The number of aromatic nitrogens is 1. The molecule has 0 aliphatic carbocycles. The number of rotatable bonds is 4. The Hall–Kier alpha value is -3.21. The highest BCUT2D eigenvalue weighted by Gasteiger charge is 2.21. The summed E-state index contributed by atoms with van der Waals surface area (Å²) in [4.78, 5) is 14.2. The number of nitrogens with zero attached hydrogens (tertiary/aromatic N) is 3. The predicted molar refractivity (Wildman–Crippen MR) is 71.8 cm³/mol. The van der Waals surface area contributed by atoms with Crippen molar-refractivity contribution < 1.29 is 14.1 Å². The molecule has 0 aliphatic rings. The maximum Gasteiger partial charge on any atom is 0.329 e. The molecule has 1 aromatic heterocycles. The minimum absolute atomic E-state index is 0.0147. The van der Waals surface area contributed by atoms with E-state index in [1.165, 1.54) is 31.5 Å².